The number of imidazole rings is 1. The molecule has 3 aromatic heterocycles. The molecule has 0 unspecified atom stereocenters. The van der Waals surface area contributed by atoms with Crippen LogP contribution < -0.4 is 16.3 Å². The lowest BCUT2D eigenvalue weighted by Crippen LogP contribution is -2.35. The Morgan fingerprint density at radius 2 is 1.87 bits per heavy atom. The van der Waals surface area contributed by atoms with Crippen molar-refractivity contribution in [3.63, 3.8) is 0 Å². The number of rotatable bonds is 4. The largest absolute Gasteiger partial charge is 0.317 e. The molecule has 3 heterocycles. The van der Waals surface area contributed by atoms with Gasteiger partial charge in [-0.2, -0.15) is 0 Å². The van der Waals surface area contributed by atoms with Crippen LogP contribution in [0.3, 0.4) is 0 Å². The van der Waals surface area contributed by atoms with Gasteiger partial charge in [0.1, 0.15) is 5.69 Å². The molecule has 9 heteroatoms. The monoisotopic (exact) mass is 414 g/mol. The highest BCUT2D eigenvalue weighted by Crippen LogP contribution is 2.23. The van der Waals surface area contributed by atoms with E-state index >= 15 is 0 Å². The number of carbonyl (C=O) groups excluding carboxylic acids is 2. The number of hydrogen-bond acceptors (Lipinski definition) is 6. The van der Waals surface area contributed by atoms with Gasteiger partial charge >= 0.3 is 0 Å². The first-order valence-corrected chi connectivity index (χ1v) is 9.86. The average Bonchev–Trinajstić information content (AvgIpc) is 3.26. The van der Waals surface area contributed by atoms with Gasteiger partial charge in [-0.3, -0.25) is 19.8 Å². The fraction of sp³-hybridized carbons (Fsp3) is 0.136. The Morgan fingerprint density at radius 3 is 2.71 bits per heavy atom. The van der Waals surface area contributed by atoms with E-state index in [1.54, 1.807) is 59.4 Å². The highest BCUT2D eigenvalue weighted by molar-refractivity contribution is 6.05. The fourth-order valence-corrected chi connectivity index (χ4v) is 3.67. The quantitative estimate of drug-likeness (QED) is 0.531. The Hall–Kier alpha value is -4.27. The lowest BCUT2D eigenvalue weighted by atomic mass is 9.94. The molecule has 1 aliphatic carbocycles. The number of ketones is 1. The summed E-state index contributed by atoms with van der Waals surface area (Å²) >= 11 is 0. The van der Waals surface area contributed by atoms with Gasteiger partial charge in [0.05, 0.1) is 5.69 Å². The van der Waals surface area contributed by atoms with Gasteiger partial charge in [0.25, 0.3) is 11.5 Å². The molecule has 1 aliphatic rings. The summed E-state index contributed by atoms with van der Waals surface area (Å²) in [6.45, 7) is 0. The van der Waals surface area contributed by atoms with Crippen molar-refractivity contribution >= 4 is 28.8 Å². The summed E-state index contributed by atoms with van der Waals surface area (Å²) in [6.07, 6.45) is 4.92. The molecule has 0 fully saturated rings. The van der Waals surface area contributed by atoms with E-state index in [9.17, 15) is 14.4 Å². The zero-order valence-electron chi connectivity index (χ0n) is 16.4. The molecule has 9 nitrogen and oxygen atoms in total. The maximum Gasteiger partial charge on any atom is 0.293 e. The normalized spacial score (nSPS) is 13.1. The van der Waals surface area contributed by atoms with E-state index in [1.807, 2.05) is 0 Å². The van der Waals surface area contributed by atoms with Crippen molar-refractivity contribution in [2.24, 2.45) is 0 Å². The van der Waals surface area contributed by atoms with Gasteiger partial charge in [-0.15, -0.1) is 5.10 Å². The molecule has 31 heavy (non-hydrogen) atoms. The van der Waals surface area contributed by atoms with Crippen molar-refractivity contribution < 1.29 is 9.59 Å². The van der Waals surface area contributed by atoms with Gasteiger partial charge in [-0.25, -0.2) is 14.2 Å². The number of aromatic nitrogens is 4. The van der Waals surface area contributed by atoms with Crippen molar-refractivity contribution in [3.8, 4) is 0 Å². The third-order valence-electron chi connectivity index (χ3n) is 5.19. The number of fused-ring (bicyclic) bond motifs is 2. The molecule has 1 aromatic carbocycles. The van der Waals surface area contributed by atoms with E-state index in [4.69, 9.17) is 0 Å². The van der Waals surface area contributed by atoms with E-state index in [1.165, 1.54) is 10.7 Å². The van der Waals surface area contributed by atoms with Crippen LogP contribution in [0.25, 0.3) is 5.65 Å². The SMILES string of the molecule is O=C(Nc1cc2c(n(Nc3ccc4nccn4n3)c1=O)CCCC2=O)c1ccccc1. The maximum absolute atomic E-state index is 13.3. The number of hydrogen-bond donors (Lipinski definition) is 2. The molecule has 0 aliphatic heterocycles. The summed E-state index contributed by atoms with van der Waals surface area (Å²) in [4.78, 5) is 42.6. The molecule has 0 radical (unpaired) electrons. The second-order valence-corrected chi connectivity index (χ2v) is 7.22. The number of nitrogens with zero attached hydrogens (tertiary/aromatic N) is 4. The maximum atomic E-state index is 13.3. The van der Waals surface area contributed by atoms with Crippen LogP contribution in [0.15, 0.2) is 65.7 Å². The summed E-state index contributed by atoms with van der Waals surface area (Å²) in [5, 5.41) is 7.04. The lowest BCUT2D eigenvalue weighted by Gasteiger charge is -2.22. The summed E-state index contributed by atoms with van der Waals surface area (Å²) in [7, 11) is 0. The van der Waals surface area contributed by atoms with Crippen LogP contribution in [0, 0.1) is 0 Å². The molecular weight excluding hydrogens is 396 g/mol. The van der Waals surface area contributed by atoms with E-state index in [0.29, 0.717) is 47.5 Å². The number of anilines is 2. The smallest absolute Gasteiger partial charge is 0.293 e. The highest BCUT2D eigenvalue weighted by Gasteiger charge is 2.24. The molecular formula is C22H18N6O3. The Morgan fingerprint density at radius 1 is 1.03 bits per heavy atom. The van der Waals surface area contributed by atoms with Gasteiger partial charge in [-0.05, 0) is 43.2 Å². The summed E-state index contributed by atoms with van der Waals surface area (Å²) < 4.78 is 2.88. The molecule has 1 amide bonds. The van der Waals surface area contributed by atoms with Crippen LogP contribution in [0.2, 0.25) is 0 Å². The molecule has 4 aromatic rings. The summed E-state index contributed by atoms with van der Waals surface area (Å²) in [5.41, 5.74) is 4.63. The standard InChI is InChI=1S/C22H18N6O3/c29-18-8-4-7-17-15(18)13-16(24-21(30)14-5-2-1-3-6-14)22(31)28(17)26-19-9-10-20-23-11-12-27(20)25-19/h1-3,5-6,9-13H,4,7-8H2,(H,24,30)(H,25,26). The molecule has 2 N–H and O–H groups in total. The van der Waals surface area contributed by atoms with Crippen LogP contribution in [0.5, 0.6) is 0 Å². The van der Waals surface area contributed by atoms with E-state index in [0.717, 1.165) is 0 Å². The number of benzene rings is 1. The first-order chi connectivity index (χ1) is 15.1. The van der Waals surface area contributed by atoms with E-state index in [-0.39, 0.29) is 11.5 Å². The molecule has 154 valence electrons. The fourth-order valence-electron chi connectivity index (χ4n) is 3.67. The summed E-state index contributed by atoms with van der Waals surface area (Å²) in [6, 6.07) is 13.5. The van der Waals surface area contributed by atoms with Gasteiger partial charge in [0.15, 0.2) is 17.2 Å². The van der Waals surface area contributed by atoms with Crippen molar-refractivity contribution in [2.75, 3.05) is 10.7 Å². The molecule has 0 bridgehead atoms. The average molecular weight is 414 g/mol. The number of amides is 1. The highest BCUT2D eigenvalue weighted by atomic mass is 16.2. The van der Waals surface area contributed by atoms with Gasteiger partial charge < -0.3 is 5.32 Å². The molecule has 5 rings (SSSR count). The molecule has 0 spiro atoms. The van der Waals surface area contributed by atoms with Crippen molar-refractivity contribution in [1.82, 2.24) is 19.3 Å². The van der Waals surface area contributed by atoms with Crippen LogP contribution in [-0.4, -0.2) is 31.0 Å². The van der Waals surface area contributed by atoms with Crippen molar-refractivity contribution in [2.45, 2.75) is 19.3 Å². The van der Waals surface area contributed by atoms with Crippen LogP contribution >= 0.6 is 0 Å². The van der Waals surface area contributed by atoms with Crippen molar-refractivity contribution in [3.05, 3.63) is 88.1 Å². The minimum atomic E-state index is -0.467. The lowest BCUT2D eigenvalue weighted by molar-refractivity contribution is 0.0968. The topological polar surface area (TPSA) is 110 Å². The van der Waals surface area contributed by atoms with Crippen LogP contribution in [0.1, 0.15) is 39.3 Å². The van der Waals surface area contributed by atoms with E-state index < -0.39 is 11.5 Å². The Balaban J connectivity index is 1.58. The zero-order chi connectivity index (χ0) is 21.4. The van der Waals surface area contributed by atoms with Gasteiger partial charge in [-0.1, -0.05) is 18.2 Å². The predicted molar refractivity (Wildman–Crippen MR) is 114 cm³/mol. The van der Waals surface area contributed by atoms with Crippen molar-refractivity contribution in [1.29, 1.82) is 0 Å². The van der Waals surface area contributed by atoms with Crippen LogP contribution in [-0.2, 0) is 6.42 Å². The minimum absolute atomic E-state index is 0.0269. The van der Waals surface area contributed by atoms with Crippen LogP contribution in [0.4, 0.5) is 11.5 Å². The molecule has 0 saturated heterocycles. The Bertz CT molecular complexity index is 1370. The Kier molecular flexibility index (Phi) is 4.55. The van der Waals surface area contributed by atoms with Gasteiger partial charge in [0.2, 0.25) is 0 Å². The minimum Gasteiger partial charge on any atom is -0.317 e. The third kappa shape index (κ3) is 3.46. The summed E-state index contributed by atoms with van der Waals surface area (Å²) in [5.74, 6) is -0.0881. The number of pyridine rings is 1. The van der Waals surface area contributed by atoms with Gasteiger partial charge in [0, 0.05) is 29.9 Å². The first-order valence-electron chi connectivity index (χ1n) is 9.86. The molecule has 0 saturated carbocycles. The third-order valence-corrected chi connectivity index (χ3v) is 5.19. The Labute approximate surface area is 176 Å². The second-order valence-electron chi connectivity index (χ2n) is 7.22. The zero-order valence-corrected chi connectivity index (χ0v) is 16.4. The number of carbonyl (C=O) groups is 2. The van der Waals surface area contributed by atoms with E-state index in [2.05, 4.69) is 20.8 Å². The number of nitrogens with one attached hydrogen (secondary N) is 2. The molecule has 0 atom stereocenters. The number of Topliss-reactive ketones (excluding diaryl/α,β-unsaturated/α-hetero) is 1. The predicted octanol–water partition coefficient (Wildman–Crippen LogP) is 2.54. The first kappa shape index (κ1) is 18.7. The second kappa shape index (κ2) is 7.52.